The summed E-state index contributed by atoms with van der Waals surface area (Å²) in [4.78, 5) is 30.5. The summed E-state index contributed by atoms with van der Waals surface area (Å²) in [6.07, 6.45) is -3.08. The smallest absolute Gasteiger partial charge is 0.370 e. The van der Waals surface area contributed by atoms with E-state index >= 15 is 0 Å². The number of hydrogen-bond acceptors (Lipinski definition) is 4. The molecular formula is C24H31F3N4O2. The van der Waals surface area contributed by atoms with Gasteiger partial charge in [-0.05, 0) is 42.9 Å². The minimum Gasteiger partial charge on any atom is -0.370 e. The summed E-state index contributed by atoms with van der Waals surface area (Å²) in [5, 5.41) is 9.08. The highest BCUT2D eigenvalue weighted by molar-refractivity contribution is 5.80. The molecule has 0 unspecified atom stereocenters. The van der Waals surface area contributed by atoms with Crippen molar-refractivity contribution < 1.29 is 22.8 Å². The number of carbonyl (C=O) groups excluding carboxylic acids is 2. The third-order valence-electron chi connectivity index (χ3n) is 6.87. The number of carbonyl (C=O) groups is 2. The van der Waals surface area contributed by atoms with Crippen LogP contribution in [0, 0.1) is 35.0 Å². The van der Waals surface area contributed by atoms with E-state index in [1.54, 1.807) is 25.1 Å². The number of likely N-dealkylation sites (tertiary alicyclic amines) is 1. The van der Waals surface area contributed by atoms with Crippen molar-refractivity contribution in [2.75, 3.05) is 45.2 Å². The van der Waals surface area contributed by atoms with Crippen LogP contribution >= 0.6 is 0 Å². The molecule has 1 aromatic rings. The number of amides is 2. The molecule has 2 atom stereocenters. The third kappa shape index (κ3) is 5.26. The number of hydrogen-bond donors (Lipinski definition) is 0. The fourth-order valence-electron chi connectivity index (χ4n) is 5.08. The Labute approximate surface area is 192 Å². The first-order valence-electron chi connectivity index (χ1n) is 11.3. The van der Waals surface area contributed by atoms with Gasteiger partial charge in [-0.1, -0.05) is 13.8 Å². The first-order valence-corrected chi connectivity index (χ1v) is 11.3. The molecule has 180 valence electrons. The third-order valence-corrected chi connectivity index (χ3v) is 6.87. The molecule has 2 amide bonds. The van der Waals surface area contributed by atoms with Crippen molar-refractivity contribution >= 4 is 17.5 Å². The summed E-state index contributed by atoms with van der Waals surface area (Å²) in [6, 6.07) is 5.35. The summed E-state index contributed by atoms with van der Waals surface area (Å²) in [5.74, 6) is -0.109. The zero-order chi connectivity index (χ0) is 24.5. The predicted octanol–water partition coefficient (Wildman–Crippen LogP) is 3.61. The maximum Gasteiger partial charge on any atom is 0.417 e. The second kappa shape index (κ2) is 9.62. The summed E-state index contributed by atoms with van der Waals surface area (Å²) in [5.41, 5.74) is -1.00. The van der Waals surface area contributed by atoms with Crippen LogP contribution in [0.25, 0.3) is 0 Å². The summed E-state index contributed by atoms with van der Waals surface area (Å²) in [7, 11) is 3.38. The monoisotopic (exact) mass is 464 g/mol. The molecular weight excluding hydrogens is 433 g/mol. The van der Waals surface area contributed by atoms with Crippen molar-refractivity contribution in [3.63, 3.8) is 0 Å². The van der Waals surface area contributed by atoms with Crippen LogP contribution in [0.1, 0.15) is 37.8 Å². The van der Waals surface area contributed by atoms with Gasteiger partial charge in [0.1, 0.15) is 0 Å². The summed E-state index contributed by atoms with van der Waals surface area (Å²) in [6.45, 7) is 5.82. The number of nitrogens with zero attached hydrogens (tertiary/aromatic N) is 4. The molecule has 3 rings (SSSR count). The van der Waals surface area contributed by atoms with Crippen molar-refractivity contribution in [1.82, 2.24) is 9.80 Å². The average Bonchev–Trinajstić information content (AvgIpc) is 3.22. The van der Waals surface area contributed by atoms with Gasteiger partial charge in [0.05, 0.1) is 23.1 Å². The van der Waals surface area contributed by atoms with Crippen molar-refractivity contribution in [3.8, 4) is 6.07 Å². The van der Waals surface area contributed by atoms with Gasteiger partial charge in [-0.2, -0.15) is 18.4 Å². The number of anilines is 1. The molecule has 0 spiro atoms. The maximum absolute atomic E-state index is 13.5. The van der Waals surface area contributed by atoms with E-state index in [-0.39, 0.29) is 35.5 Å². The standard InChI is InChI=1S/C24H31F3N4O2/c1-15(2)22(32)30-9-7-16(8-10-30)19-13-31(14-20(19)23(33)29(3)4)18-6-5-17(12-28)21(11-18)24(25,26)27/h5-6,11,15-16,19-20H,7-10,13-14H2,1-4H3/t19-,20+/m0/s1. The molecule has 0 bridgehead atoms. The van der Waals surface area contributed by atoms with Gasteiger partial charge >= 0.3 is 6.18 Å². The normalized spacial score (nSPS) is 21.9. The Hall–Kier alpha value is -2.76. The topological polar surface area (TPSA) is 67.6 Å². The van der Waals surface area contributed by atoms with E-state index < -0.39 is 17.3 Å². The molecule has 2 aliphatic heterocycles. The fourth-order valence-corrected chi connectivity index (χ4v) is 5.08. The number of benzene rings is 1. The molecule has 2 fully saturated rings. The molecule has 2 aliphatic rings. The molecule has 0 aliphatic carbocycles. The van der Waals surface area contributed by atoms with Gasteiger partial charge in [0.2, 0.25) is 11.8 Å². The number of piperidine rings is 1. The van der Waals surface area contributed by atoms with Crippen LogP contribution in [-0.2, 0) is 15.8 Å². The van der Waals surface area contributed by atoms with Crippen LogP contribution in [0.15, 0.2) is 18.2 Å². The Morgan fingerprint density at radius 2 is 1.79 bits per heavy atom. The van der Waals surface area contributed by atoms with Gasteiger partial charge < -0.3 is 14.7 Å². The number of rotatable bonds is 4. The first kappa shape index (κ1) is 24.9. The van der Waals surface area contributed by atoms with Crippen LogP contribution in [0.4, 0.5) is 18.9 Å². The predicted molar refractivity (Wildman–Crippen MR) is 118 cm³/mol. The van der Waals surface area contributed by atoms with Crippen LogP contribution in [0.5, 0.6) is 0 Å². The maximum atomic E-state index is 13.5. The average molecular weight is 465 g/mol. The Morgan fingerprint density at radius 1 is 1.15 bits per heavy atom. The quantitative estimate of drug-likeness (QED) is 0.683. The molecule has 0 radical (unpaired) electrons. The van der Waals surface area contributed by atoms with Gasteiger partial charge in [-0.15, -0.1) is 0 Å². The number of nitriles is 1. The Morgan fingerprint density at radius 3 is 2.30 bits per heavy atom. The van der Waals surface area contributed by atoms with Crippen molar-refractivity contribution in [2.45, 2.75) is 32.9 Å². The molecule has 2 heterocycles. The number of alkyl halides is 3. The Balaban J connectivity index is 1.83. The van der Waals surface area contributed by atoms with Crippen molar-refractivity contribution in [3.05, 3.63) is 29.3 Å². The lowest BCUT2D eigenvalue weighted by Gasteiger charge is -2.37. The van der Waals surface area contributed by atoms with E-state index in [1.165, 1.54) is 12.1 Å². The second-order valence-corrected chi connectivity index (χ2v) is 9.56. The van der Waals surface area contributed by atoms with Gasteiger partial charge in [0.15, 0.2) is 0 Å². The molecule has 0 N–H and O–H groups in total. The Kier molecular flexibility index (Phi) is 7.25. The van der Waals surface area contributed by atoms with Crippen LogP contribution in [0.2, 0.25) is 0 Å². The molecule has 33 heavy (non-hydrogen) atoms. The molecule has 6 nitrogen and oxygen atoms in total. The zero-order valence-electron chi connectivity index (χ0n) is 19.5. The van der Waals surface area contributed by atoms with Crippen LogP contribution in [-0.4, -0.2) is 61.9 Å². The van der Waals surface area contributed by atoms with Crippen molar-refractivity contribution in [1.29, 1.82) is 5.26 Å². The van der Waals surface area contributed by atoms with E-state index in [0.717, 1.165) is 18.9 Å². The van der Waals surface area contributed by atoms with Gasteiger partial charge in [-0.3, -0.25) is 9.59 Å². The van der Waals surface area contributed by atoms with Gasteiger partial charge in [0.25, 0.3) is 0 Å². The molecule has 2 saturated heterocycles. The van der Waals surface area contributed by atoms with E-state index in [4.69, 9.17) is 5.26 Å². The van der Waals surface area contributed by atoms with Gasteiger partial charge in [-0.25, -0.2) is 0 Å². The van der Waals surface area contributed by atoms with E-state index in [9.17, 15) is 22.8 Å². The van der Waals surface area contributed by atoms with E-state index in [0.29, 0.717) is 31.9 Å². The lowest BCUT2D eigenvalue weighted by molar-refractivity contribution is -0.138. The lowest BCUT2D eigenvalue weighted by Crippen LogP contribution is -2.44. The Bertz CT molecular complexity index is 931. The first-order chi connectivity index (χ1) is 15.4. The minimum atomic E-state index is -4.63. The molecule has 0 saturated carbocycles. The van der Waals surface area contributed by atoms with Crippen molar-refractivity contribution in [2.24, 2.45) is 23.7 Å². The minimum absolute atomic E-state index is 0.0128. The van der Waals surface area contributed by atoms with Gasteiger partial charge in [0, 0.05) is 51.9 Å². The lowest BCUT2D eigenvalue weighted by atomic mass is 9.78. The highest BCUT2D eigenvalue weighted by Crippen LogP contribution is 2.40. The van der Waals surface area contributed by atoms with Crippen LogP contribution in [0.3, 0.4) is 0 Å². The molecule has 9 heteroatoms. The largest absolute Gasteiger partial charge is 0.417 e. The van der Waals surface area contributed by atoms with E-state index in [1.807, 2.05) is 23.6 Å². The molecule has 1 aromatic carbocycles. The second-order valence-electron chi connectivity index (χ2n) is 9.56. The fraction of sp³-hybridized carbons (Fsp3) is 0.625. The highest BCUT2D eigenvalue weighted by atomic mass is 19.4. The SMILES string of the molecule is CC(C)C(=O)N1CCC([C@@H]2CN(c3ccc(C#N)c(C(F)(F)F)c3)C[C@H]2C(=O)N(C)C)CC1. The number of halogens is 3. The zero-order valence-corrected chi connectivity index (χ0v) is 19.5. The van der Waals surface area contributed by atoms with Crippen LogP contribution < -0.4 is 4.90 Å². The summed E-state index contributed by atoms with van der Waals surface area (Å²) >= 11 is 0. The van der Waals surface area contributed by atoms with E-state index in [2.05, 4.69) is 0 Å². The highest BCUT2D eigenvalue weighted by Gasteiger charge is 2.44. The summed E-state index contributed by atoms with van der Waals surface area (Å²) < 4.78 is 40.4. The molecule has 0 aromatic heterocycles.